The Morgan fingerprint density at radius 1 is 1.29 bits per heavy atom. The van der Waals surface area contributed by atoms with E-state index >= 15 is 0 Å². The van der Waals surface area contributed by atoms with E-state index in [0.717, 1.165) is 16.4 Å². The van der Waals surface area contributed by atoms with Crippen LogP contribution in [0, 0.1) is 6.92 Å². The molecule has 2 nitrogen and oxygen atoms in total. The summed E-state index contributed by atoms with van der Waals surface area (Å²) in [6.07, 6.45) is 0.808. The molecule has 14 heavy (non-hydrogen) atoms. The number of hydrogen-bond donors (Lipinski definition) is 0. The zero-order valence-electron chi connectivity index (χ0n) is 7.73. The van der Waals surface area contributed by atoms with E-state index in [4.69, 9.17) is 0 Å². The zero-order chi connectivity index (χ0) is 9.97. The maximum atomic E-state index is 10.5. The molecule has 1 aromatic heterocycles. The molecule has 0 aliphatic rings. The monoisotopic (exact) mass is 251 g/mol. The molecular formula is C11H9NOSe. The van der Waals surface area contributed by atoms with Crippen LogP contribution in [0.3, 0.4) is 0 Å². The second-order valence-electron chi connectivity index (χ2n) is 3.06. The van der Waals surface area contributed by atoms with Crippen LogP contribution in [-0.4, -0.2) is 25.8 Å². The molecule has 0 bridgehead atoms. The van der Waals surface area contributed by atoms with Crippen LogP contribution in [-0.2, 0) is 0 Å². The van der Waals surface area contributed by atoms with E-state index in [-0.39, 0.29) is 14.5 Å². The molecule has 0 radical (unpaired) electrons. The van der Waals surface area contributed by atoms with Crippen molar-refractivity contribution in [3.8, 4) is 10.1 Å². The fourth-order valence-electron chi connectivity index (χ4n) is 1.17. The molecule has 0 aliphatic carbocycles. The Hall–Kier alpha value is -1.18. The first kappa shape index (κ1) is 9.38. The van der Waals surface area contributed by atoms with Gasteiger partial charge in [-0.05, 0) is 0 Å². The molecular weight excluding hydrogens is 241 g/mol. The second-order valence-corrected chi connectivity index (χ2v) is 4.86. The predicted octanol–water partition coefficient (Wildman–Crippen LogP) is 1.93. The quantitative estimate of drug-likeness (QED) is 0.602. The van der Waals surface area contributed by atoms with Crippen molar-refractivity contribution in [3.05, 3.63) is 40.5 Å². The summed E-state index contributed by atoms with van der Waals surface area (Å²) in [5.41, 5.74) is 2.94. The minimum atomic E-state index is 0.214. The number of benzene rings is 1. The molecule has 0 saturated carbocycles. The first-order valence-corrected chi connectivity index (χ1v) is 6.12. The van der Waals surface area contributed by atoms with E-state index in [1.54, 1.807) is 0 Å². The minimum absolute atomic E-state index is 0.214. The van der Waals surface area contributed by atoms with E-state index < -0.39 is 0 Å². The first-order valence-electron chi connectivity index (χ1n) is 4.27. The van der Waals surface area contributed by atoms with Crippen LogP contribution in [0.2, 0.25) is 0 Å². The zero-order valence-corrected chi connectivity index (χ0v) is 9.44. The SMILES string of the molecule is Cc1ccc(-c2nc(C=O)c[se]2)cc1. The summed E-state index contributed by atoms with van der Waals surface area (Å²) in [4.78, 5) is 16.6. The fourth-order valence-corrected chi connectivity index (χ4v) is 2.79. The number of carbonyl (C=O) groups excluding carboxylic acids is 1. The molecule has 0 unspecified atom stereocenters. The van der Waals surface area contributed by atoms with Crippen LogP contribution in [0.4, 0.5) is 0 Å². The molecule has 3 heteroatoms. The molecule has 1 heterocycles. The summed E-state index contributed by atoms with van der Waals surface area (Å²) < 4.78 is 1.04. The Labute approximate surface area is 88.4 Å². The van der Waals surface area contributed by atoms with Gasteiger partial charge in [0, 0.05) is 0 Å². The Balaban J connectivity index is 2.39. The van der Waals surface area contributed by atoms with Crippen molar-refractivity contribution in [1.29, 1.82) is 0 Å². The van der Waals surface area contributed by atoms with Gasteiger partial charge < -0.3 is 0 Å². The van der Waals surface area contributed by atoms with Crippen molar-refractivity contribution in [2.75, 3.05) is 0 Å². The Morgan fingerprint density at radius 3 is 2.57 bits per heavy atom. The normalized spacial score (nSPS) is 10.1. The van der Waals surface area contributed by atoms with Gasteiger partial charge in [-0.25, -0.2) is 0 Å². The summed E-state index contributed by atoms with van der Waals surface area (Å²) in [7, 11) is 0. The van der Waals surface area contributed by atoms with E-state index in [9.17, 15) is 4.79 Å². The van der Waals surface area contributed by atoms with Gasteiger partial charge in [0.25, 0.3) is 0 Å². The molecule has 0 fully saturated rings. The van der Waals surface area contributed by atoms with E-state index in [1.807, 2.05) is 4.94 Å². The van der Waals surface area contributed by atoms with Gasteiger partial charge in [-0.3, -0.25) is 0 Å². The summed E-state index contributed by atoms with van der Waals surface area (Å²) in [6, 6.07) is 8.23. The van der Waals surface area contributed by atoms with Gasteiger partial charge in [-0.15, -0.1) is 0 Å². The number of carbonyl (C=O) groups is 1. The molecule has 0 aliphatic heterocycles. The van der Waals surface area contributed by atoms with Crippen molar-refractivity contribution < 1.29 is 4.79 Å². The summed E-state index contributed by atoms with van der Waals surface area (Å²) in [5.74, 6) is 0. The third kappa shape index (κ3) is 1.84. The average Bonchev–Trinajstić information content (AvgIpc) is 2.67. The van der Waals surface area contributed by atoms with E-state index in [2.05, 4.69) is 36.2 Å². The van der Waals surface area contributed by atoms with Gasteiger partial charge in [0.1, 0.15) is 0 Å². The van der Waals surface area contributed by atoms with Crippen molar-refractivity contribution >= 4 is 20.8 Å². The van der Waals surface area contributed by atoms with Crippen molar-refractivity contribution in [2.24, 2.45) is 0 Å². The number of aryl methyl sites for hydroxylation is 1. The Bertz CT molecular complexity index is 445. The van der Waals surface area contributed by atoms with E-state index in [0.29, 0.717) is 5.69 Å². The molecule has 0 saturated heterocycles. The van der Waals surface area contributed by atoms with Gasteiger partial charge in [0.2, 0.25) is 0 Å². The first-order chi connectivity index (χ1) is 6.79. The van der Waals surface area contributed by atoms with Gasteiger partial charge >= 0.3 is 88.1 Å². The van der Waals surface area contributed by atoms with Crippen LogP contribution < -0.4 is 0 Å². The van der Waals surface area contributed by atoms with Gasteiger partial charge in [0.05, 0.1) is 0 Å². The van der Waals surface area contributed by atoms with Crippen molar-refractivity contribution in [1.82, 2.24) is 4.98 Å². The second kappa shape index (κ2) is 3.91. The Kier molecular flexibility index (Phi) is 2.62. The number of hydrogen-bond acceptors (Lipinski definition) is 2. The van der Waals surface area contributed by atoms with Gasteiger partial charge in [-0.2, -0.15) is 0 Å². The van der Waals surface area contributed by atoms with Crippen LogP contribution in [0.15, 0.2) is 29.2 Å². The van der Waals surface area contributed by atoms with Crippen LogP contribution in [0.1, 0.15) is 16.1 Å². The van der Waals surface area contributed by atoms with E-state index in [1.165, 1.54) is 5.56 Å². The molecule has 0 spiro atoms. The molecule has 1 aromatic carbocycles. The summed E-state index contributed by atoms with van der Waals surface area (Å²) in [6.45, 7) is 2.06. The Morgan fingerprint density at radius 2 is 2.00 bits per heavy atom. The topological polar surface area (TPSA) is 30.0 Å². The number of aromatic nitrogens is 1. The summed E-state index contributed by atoms with van der Waals surface area (Å²) >= 11 is 0.214. The number of nitrogens with zero attached hydrogens (tertiary/aromatic N) is 1. The predicted molar refractivity (Wildman–Crippen MR) is 56.7 cm³/mol. The number of rotatable bonds is 2. The molecule has 2 aromatic rings. The third-order valence-corrected chi connectivity index (χ3v) is 3.85. The fraction of sp³-hybridized carbons (Fsp3) is 0.0909. The molecule has 0 atom stereocenters. The molecule has 0 amide bonds. The van der Waals surface area contributed by atoms with Crippen molar-refractivity contribution in [2.45, 2.75) is 6.92 Å². The van der Waals surface area contributed by atoms with Crippen LogP contribution in [0.25, 0.3) is 10.1 Å². The number of aldehydes is 1. The molecule has 70 valence electrons. The molecule has 0 N–H and O–H groups in total. The standard InChI is InChI=1S/C11H9NOSe/c1-8-2-4-9(5-3-8)11-12-10(6-13)7-14-11/h2-7H,1H3. The van der Waals surface area contributed by atoms with Crippen molar-refractivity contribution in [3.63, 3.8) is 0 Å². The van der Waals surface area contributed by atoms with Crippen LogP contribution in [0.5, 0.6) is 0 Å². The van der Waals surface area contributed by atoms with Gasteiger partial charge in [-0.1, -0.05) is 0 Å². The third-order valence-electron chi connectivity index (χ3n) is 1.94. The van der Waals surface area contributed by atoms with Crippen LogP contribution >= 0.6 is 0 Å². The van der Waals surface area contributed by atoms with Gasteiger partial charge in [0.15, 0.2) is 0 Å². The maximum absolute atomic E-state index is 10.5. The molecule has 2 rings (SSSR count). The summed E-state index contributed by atoms with van der Waals surface area (Å²) in [5, 5.41) is 0. The average molecular weight is 250 g/mol.